The molecule has 0 aliphatic rings. The van der Waals surface area contributed by atoms with E-state index in [1.54, 1.807) is 12.3 Å². The van der Waals surface area contributed by atoms with E-state index < -0.39 is 11.6 Å². The standard InChI is InChI=1S/C33H27Cl2NO3/c1-21(2)30-26(17-18-27(34)31(30)35)33(23-11-5-3-6-12-23,24-13-7-4-8-14-24)39-32-22(19-29(37)38)20-36-28-16-10-9-15-25(28)32/h3-18,20-21H,19H2,1-2H3,(H,37,38). The van der Waals surface area contributed by atoms with E-state index in [1.165, 1.54) is 0 Å². The molecule has 1 N–H and O–H groups in total. The number of carboxylic acids is 1. The van der Waals surface area contributed by atoms with Crippen molar-refractivity contribution in [2.45, 2.75) is 31.8 Å². The molecule has 0 bridgehead atoms. The van der Waals surface area contributed by atoms with Crippen LogP contribution in [0.3, 0.4) is 0 Å². The number of hydrogen-bond acceptors (Lipinski definition) is 3. The van der Waals surface area contributed by atoms with Crippen LogP contribution in [0.2, 0.25) is 10.0 Å². The molecule has 1 aromatic heterocycles. The van der Waals surface area contributed by atoms with Gasteiger partial charge in [-0.1, -0.05) is 116 Å². The zero-order valence-corrected chi connectivity index (χ0v) is 23.1. The lowest BCUT2D eigenvalue weighted by molar-refractivity contribution is -0.136. The van der Waals surface area contributed by atoms with Gasteiger partial charge in [0, 0.05) is 33.8 Å². The minimum Gasteiger partial charge on any atom is -0.481 e. The van der Waals surface area contributed by atoms with Crippen molar-refractivity contribution in [3.63, 3.8) is 0 Å². The second kappa shape index (κ2) is 11.1. The summed E-state index contributed by atoms with van der Waals surface area (Å²) in [4.78, 5) is 16.5. The highest BCUT2D eigenvalue weighted by Gasteiger charge is 2.43. The minimum absolute atomic E-state index is 0.00859. The van der Waals surface area contributed by atoms with E-state index in [-0.39, 0.29) is 12.3 Å². The van der Waals surface area contributed by atoms with Gasteiger partial charge in [-0.15, -0.1) is 0 Å². The normalized spacial score (nSPS) is 11.6. The van der Waals surface area contributed by atoms with Gasteiger partial charge in [0.15, 0.2) is 5.60 Å². The smallest absolute Gasteiger partial charge is 0.308 e. The van der Waals surface area contributed by atoms with Crippen LogP contribution in [0.5, 0.6) is 5.75 Å². The first-order chi connectivity index (χ1) is 18.8. The summed E-state index contributed by atoms with van der Waals surface area (Å²) in [5.74, 6) is -0.509. The monoisotopic (exact) mass is 555 g/mol. The molecule has 39 heavy (non-hydrogen) atoms. The molecule has 0 spiro atoms. The maximum absolute atomic E-state index is 11.9. The molecule has 0 aliphatic heterocycles. The van der Waals surface area contributed by atoms with Gasteiger partial charge in [-0.05, 0) is 29.7 Å². The Balaban J connectivity index is 1.94. The minimum atomic E-state index is -1.20. The number of aliphatic carboxylic acids is 1. The molecule has 0 atom stereocenters. The molecule has 1 heterocycles. The number of para-hydroxylation sites is 1. The molecule has 4 nitrogen and oxygen atoms in total. The van der Waals surface area contributed by atoms with Crippen LogP contribution in [0, 0.1) is 0 Å². The highest BCUT2D eigenvalue weighted by Crippen LogP contribution is 2.48. The summed E-state index contributed by atoms with van der Waals surface area (Å²) in [5.41, 5.74) is 3.38. The second-order valence-corrected chi connectivity index (χ2v) is 10.5. The molecule has 0 fully saturated rings. The van der Waals surface area contributed by atoms with Crippen molar-refractivity contribution in [3.05, 3.63) is 141 Å². The Labute approximate surface area is 237 Å². The van der Waals surface area contributed by atoms with Gasteiger partial charge in [0.2, 0.25) is 0 Å². The molecule has 5 aromatic rings. The van der Waals surface area contributed by atoms with Crippen molar-refractivity contribution in [2.75, 3.05) is 0 Å². The van der Waals surface area contributed by atoms with Gasteiger partial charge in [0.25, 0.3) is 0 Å². The number of hydrogen-bond donors (Lipinski definition) is 1. The third-order valence-corrected chi connectivity index (χ3v) is 7.67. The van der Waals surface area contributed by atoms with Crippen molar-refractivity contribution >= 4 is 40.1 Å². The fourth-order valence-electron chi connectivity index (χ4n) is 5.15. The second-order valence-electron chi connectivity index (χ2n) is 9.69. The number of aromatic nitrogens is 1. The van der Waals surface area contributed by atoms with Crippen molar-refractivity contribution < 1.29 is 14.6 Å². The van der Waals surface area contributed by atoms with E-state index in [9.17, 15) is 9.90 Å². The lowest BCUT2D eigenvalue weighted by Gasteiger charge is -2.39. The first-order valence-electron chi connectivity index (χ1n) is 12.7. The average Bonchev–Trinajstić information content (AvgIpc) is 2.94. The van der Waals surface area contributed by atoms with Crippen LogP contribution in [0.1, 0.15) is 47.6 Å². The van der Waals surface area contributed by atoms with E-state index in [4.69, 9.17) is 27.9 Å². The maximum atomic E-state index is 11.9. The lowest BCUT2D eigenvalue weighted by atomic mass is 9.76. The van der Waals surface area contributed by atoms with Gasteiger partial charge in [0.1, 0.15) is 5.75 Å². The molecule has 0 aliphatic carbocycles. The van der Waals surface area contributed by atoms with Crippen molar-refractivity contribution in [1.29, 1.82) is 0 Å². The van der Waals surface area contributed by atoms with Crippen LogP contribution in [-0.2, 0) is 16.8 Å². The van der Waals surface area contributed by atoms with E-state index in [0.717, 1.165) is 27.6 Å². The van der Waals surface area contributed by atoms with Crippen LogP contribution in [0.4, 0.5) is 0 Å². The summed E-state index contributed by atoms with van der Waals surface area (Å²) >= 11 is 13.4. The molecule has 0 saturated heterocycles. The maximum Gasteiger partial charge on any atom is 0.308 e. The quantitative estimate of drug-likeness (QED) is 0.194. The van der Waals surface area contributed by atoms with E-state index >= 15 is 0 Å². The summed E-state index contributed by atoms with van der Waals surface area (Å²) in [7, 11) is 0. The van der Waals surface area contributed by atoms with E-state index in [1.807, 2.05) is 91.0 Å². The molecule has 4 aromatic carbocycles. The van der Waals surface area contributed by atoms with Crippen LogP contribution >= 0.6 is 23.2 Å². The lowest BCUT2D eigenvalue weighted by Crippen LogP contribution is -2.38. The molecule has 0 radical (unpaired) electrons. The SMILES string of the molecule is CC(C)c1c(C(Oc2c(CC(=O)O)cnc3ccccc23)(c2ccccc2)c2ccccc2)ccc(Cl)c1Cl. The number of fused-ring (bicyclic) bond motifs is 1. The first kappa shape index (κ1) is 26.7. The van der Waals surface area contributed by atoms with Crippen LogP contribution in [-0.4, -0.2) is 16.1 Å². The predicted octanol–water partition coefficient (Wildman–Crippen LogP) is 8.66. The highest BCUT2D eigenvalue weighted by atomic mass is 35.5. The zero-order valence-electron chi connectivity index (χ0n) is 21.6. The molecule has 0 unspecified atom stereocenters. The molecule has 6 heteroatoms. The number of nitrogens with zero attached hydrogens (tertiary/aromatic N) is 1. The molecule has 0 saturated carbocycles. The van der Waals surface area contributed by atoms with Gasteiger partial charge in [-0.25, -0.2) is 0 Å². The molecular formula is C33H27Cl2NO3. The number of pyridine rings is 1. The summed E-state index contributed by atoms with van der Waals surface area (Å²) in [6.45, 7) is 4.14. The summed E-state index contributed by atoms with van der Waals surface area (Å²) in [5, 5.41) is 11.4. The number of carboxylic acid groups (broad SMARTS) is 1. The number of rotatable bonds is 8. The van der Waals surface area contributed by atoms with Crippen LogP contribution < -0.4 is 4.74 Å². The molecule has 0 amide bonds. The van der Waals surface area contributed by atoms with Crippen molar-refractivity contribution in [2.24, 2.45) is 0 Å². The average molecular weight is 556 g/mol. The third kappa shape index (κ3) is 4.98. The van der Waals surface area contributed by atoms with Gasteiger partial charge >= 0.3 is 5.97 Å². The van der Waals surface area contributed by atoms with Crippen LogP contribution in [0.15, 0.2) is 103 Å². The van der Waals surface area contributed by atoms with Gasteiger partial charge in [-0.3, -0.25) is 9.78 Å². The molecular weight excluding hydrogens is 529 g/mol. The molecule has 196 valence electrons. The van der Waals surface area contributed by atoms with Crippen molar-refractivity contribution in [3.8, 4) is 5.75 Å². The highest BCUT2D eigenvalue weighted by molar-refractivity contribution is 6.42. The van der Waals surface area contributed by atoms with Crippen molar-refractivity contribution in [1.82, 2.24) is 4.98 Å². The van der Waals surface area contributed by atoms with E-state index in [0.29, 0.717) is 26.9 Å². The van der Waals surface area contributed by atoms with E-state index in [2.05, 4.69) is 18.8 Å². The zero-order chi connectivity index (χ0) is 27.6. The number of carbonyl (C=O) groups is 1. The predicted molar refractivity (Wildman–Crippen MR) is 157 cm³/mol. The number of ether oxygens (including phenoxy) is 1. The Hall–Kier alpha value is -3.86. The Bertz CT molecular complexity index is 1600. The summed E-state index contributed by atoms with van der Waals surface area (Å²) in [6.07, 6.45) is 1.34. The van der Waals surface area contributed by atoms with Gasteiger partial charge in [-0.2, -0.15) is 0 Å². The fraction of sp³-hybridized carbons (Fsp3) is 0.152. The van der Waals surface area contributed by atoms with Crippen LogP contribution in [0.25, 0.3) is 10.9 Å². The summed E-state index contributed by atoms with van der Waals surface area (Å²) < 4.78 is 7.29. The Morgan fingerprint density at radius 3 is 2.05 bits per heavy atom. The van der Waals surface area contributed by atoms with Gasteiger partial charge < -0.3 is 9.84 Å². The largest absolute Gasteiger partial charge is 0.481 e. The Morgan fingerprint density at radius 1 is 0.872 bits per heavy atom. The number of halogens is 2. The van der Waals surface area contributed by atoms with Gasteiger partial charge in [0.05, 0.1) is 22.0 Å². The Morgan fingerprint density at radius 2 is 1.46 bits per heavy atom. The number of benzene rings is 4. The Kier molecular flexibility index (Phi) is 7.60. The summed E-state index contributed by atoms with van der Waals surface area (Å²) in [6, 6.07) is 31.2. The first-order valence-corrected chi connectivity index (χ1v) is 13.5. The fourth-order valence-corrected chi connectivity index (χ4v) is 5.70. The topological polar surface area (TPSA) is 59.4 Å². The third-order valence-electron chi connectivity index (χ3n) is 6.85. The molecule has 5 rings (SSSR count).